The number of amides is 2. The van der Waals surface area contributed by atoms with Gasteiger partial charge in [-0.3, -0.25) is 9.59 Å². The van der Waals surface area contributed by atoms with E-state index >= 15 is 0 Å². The Kier molecular flexibility index (Phi) is 7.67. The van der Waals surface area contributed by atoms with E-state index in [0.717, 1.165) is 33.7 Å². The minimum Gasteiger partial charge on any atom is -0.452 e. The standard InChI is InChI=1S/C28H22N2O6/c31-25(29-23-13-5-9-19-7-1-3-11-21(19)23)17-35-27(33)15-16-28(34)36-18-26(32)30-24-14-6-10-20-8-2-4-12-22(20)24/h1-16H,17-18H2,(H,29,31)(H,30,32)/b16-15+. The van der Waals surface area contributed by atoms with Gasteiger partial charge in [0.2, 0.25) is 0 Å². The van der Waals surface area contributed by atoms with Crippen LogP contribution >= 0.6 is 0 Å². The predicted molar refractivity (Wildman–Crippen MR) is 136 cm³/mol. The number of ether oxygens (including phenoxy) is 2. The number of hydrogen-bond donors (Lipinski definition) is 2. The molecule has 0 spiro atoms. The highest BCUT2D eigenvalue weighted by Crippen LogP contribution is 2.23. The maximum atomic E-state index is 12.2. The van der Waals surface area contributed by atoms with E-state index in [1.54, 1.807) is 24.3 Å². The molecule has 180 valence electrons. The number of nitrogens with one attached hydrogen (secondary N) is 2. The SMILES string of the molecule is O=C(COC(=O)/C=C/C(=O)OCC(=O)Nc1cccc2ccccc12)Nc1cccc2ccccc12. The molecule has 8 nitrogen and oxygen atoms in total. The Balaban J connectivity index is 1.20. The lowest BCUT2D eigenvalue weighted by Gasteiger charge is -2.09. The lowest BCUT2D eigenvalue weighted by molar-refractivity contribution is -0.144. The fraction of sp³-hybridized carbons (Fsp3) is 0.0714. The molecule has 0 aliphatic carbocycles. The first-order chi connectivity index (χ1) is 17.5. The highest BCUT2D eigenvalue weighted by Gasteiger charge is 2.10. The molecule has 36 heavy (non-hydrogen) atoms. The van der Waals surface area contributed by atoms with Crippen molar-refractivity contribution in [3.63, 3.8) is 0 Å². The Bertz CT molecular complexity index is 1360. The topological polar surface area (TPSA) is 111 Å². The van der Waals surface area contributed by atoms with E-state index in [-0.39, 0.29) is 0 Å². The molecular formula is C28H22N2O6. The van der Waals surface area contributed by atoms with Crippen molar-refractivity contribution in [3.8, 4) is 0 Å². The summed E-state index contributed by atoms with van der Waals surface area (Å²) >= 11 is 0. The number of anilines is 2. The molecular weight excluding hydrogens is 460 g/mol. The molecule has 0 heterocycles. The van der Waals surface area contributed by atoms with Crippen LogP contribution in [0.25, 0.3) is 21.5 Å². The van der Waals surface area contributed by atoms with E-state index < -0.39 is 37.0 Å². The predicted octanol–water partition coefficient (Wildman–Crippen LogP) is 4.21. The van der Waals surface area contributed by atoms with Gasteiger partial charge in [0.15, 0.2) is 13.2 Å². The van der Waals surface area contributed by atoms with Crippen LogP contribution < -0.4 is 10.6 Å². The van der Waals surface area contributed by atoms with Crippen molar-refractivity contribution in [1.29, 1.82) is 0 Å². The molecule has 0 bridgehead atoms. The molecule has 0 fully saturated rings. The summed E-state index contributed by atoms with van der Waals surface area (Å²) in [5.74, 6) is -2.86. The van der Waals surface area contributed by atoms with E-state index in [4.69, 9.17) is 9.47 Å². The van der Waals surface area contributed by atoms with E-state index in [9.17, 15) is 19.2 Å². The zero-order valence-electron chi connectivity index (χ0n) is 19.1. The van der Waals surface area contributed by atoms with Crippen LogP contribution in [-0.4, -0.2) is 37.0 Å². The van der Waals surface area contributed by atoms with Crippen LogP contribution in [0.15, 0.2) is 97.1 Å². The molecule has 4 aromatic rings. The minimum atomic E-state index is -0.903. The summed E-state index contributed by atoms with van der Waals surface area (Å²) in [6, 6.07) is 26.0. The summed E-state index contributed by atoms with van der Waals surface area (Å²) in [6.45, 7) is -1.07. The van der Waals surface area contributed by atoms with Gasteiger partial charge >= 0.3 is 11.9 Å². The first-order valence-corrected chi connectivity index (χ1v) is 11.1. The fourth-order valence-electron chi connectivity index (χ4n) is 3.55. The molecule has 2 N–H and O–H groups in total. The van der Waals surface area contributed by atoms with Gasteiger partial charge in [0.1, 0.15) is 0 Å². The third kappa shape index (κ3) is 6.32. The highest BCUT2D eigenvalue weighted by atomic mass is 16.5. The normalized spacial score (nSPS) is 10.8. The van der Waals surface area contributed by atoms with E-state index in [2.05, 4.69) is 10.6 Å². The van der Waals surface area contributed by atoms with Gasteiger partial charge in [-0.1, -0.05) is 72.8 Å². The first-order valence-electron chi connectivity index (χ1n) is 11.1. The maximum Gasteiger partial charge on any atom is 0.331 e. The molecule has 0 unspecified atom stereocenters. The van der Waals surface area contributed by atoms with E-state index in [0.29, 0.717) is 11.4 Å². The summed E-state index contributed by atoms with van der Waals surface area (Å²) in [6.07, 6.45) is 1.66. The summed E-state index contributed by atoms with van der Waals surface area (Å²) in [7, 11) is 0. The third-order valence-corrected chi connectivity index (χ3v) is 5.17. The van der Waals surface area contributed by atoms with Crippen molar-refractivity contribution in [2.45, 2.75) is 0 Å². The van der Waals surface area contributed by atoms with Crippen molar-refractivity contribution in [2.24, 2.45) is 0 Å². The van der Waals surface area contributed by atoms with Crippen molar-refractivity contribution >= 4 is 56.7 Å². The number of rotatable bonds is 8. The molecule has 0 aromatic heterocycles. The zero-order chi connectivity index (χ0) is 25.3. The van der Waals surface area contributed by atoms with Crippen LogP contribution in [0.5, 0.6) is 0 Å². The van der Waals surface area contributed by atoms with Gasteiger partial charge in [0.25, 0.3) is 11.8 Å². The van der Waals surface area contributed by atoms with Crippen molar-refractivity contribution < 1.29 is 28.7 Å². The summed E-state index contributed by atoms with van der Waals surface area (Å²) < 4.78 is 9.72. The van der Waals surface area contributed by atoms with Gasteiger partial charge in [-0.15, -0.1) is 0 Å². The Hall–Kier alpha value is -4.98. The van der Waals surface area contributed by atoms with E-state index in [1.807, 2.05) is 60.7 Å². The van der Waals surface area contributed by atoms with Gasteiger partial charge in [-0.2, -0.15) is 0 Å². The molecule has 0 aliphatic heterocycles. The number of benzene rings is 4. The first kappa shape index (κ1) is 24.2. The molecule has 2 amide bonds. The smallest absolute Gasteiger partial charge is 0.331 e. The Morgan fingerprint density at radius 2 is 0.944 bits per heavy atom. The average molecular weight is 482 g/mol. The van der Waals surface area contributed by atoms with Crippen LogP contribution in [0.4, 0.5) is 11.4 Å². The Morgan fingerprint density at radius 1 is 0.556 bits per heavy atom. The Morgan fingerprint density at radius 3 is 1.39 bits per heavy atom. The van der Waals surface area contributed by atoms with E-state index in [1.165, 1.54) is 0 Å². The third-order valence-electron chi connectivity index (χ3n) is 5.17. The largest absolute Gasteiger partial charge is 0.452 e. The highest BCUT2D eigenvalue weighted by molar-refractivity contribution is 6.04. The molecule has 0 aliphatic rings. The molecule has 4 aromatic carbocycles. The quantitative estimate of drug-likeness (QED) is 0.288. The number of carbonyl (C=O) groups is 4. The van der Waals surface area contributed by atoms with Crippen molar-refractivity contribution in [2.75, 3.05) is 23.8 Å². The summed E-state index contributed by atoms with van der Waals surface area (Å²) in [5.41, 5.74) is 1.19. The van der Waals surface area contributed by atoms with Crippen molar-refractivity contribution in [1.82, 2.24) is 0 Å². The molecule has 0 saturated heterocycles. The maximum absolute atomic E-state index is 12.2. The second-order valence-electron chi connectivity index (χ2n) is 7.70. The number of hydrogen-bond acceptors (Lipinski definition) is 6. The number of esters is 2. The lowest BCUT2D eigenvalue weighted by atomic mass is 10.1. The van der Waals surface area contributed by atoms with Crippen LogP contribution in [0, 0.1) is 0 Å². The van der Waals surface area contributed by atoms with Crippen LogP contribution in [0.1, 0.15) is 0 Å². The Labute approximate surface area is 206 Å². The lowest BCUT2D eigenvalue weighted by Crippen LogP contribution is -2.21. The summed E-state index contributed by atoms with van der Waals surface area (Å²) in [5, 5.41) is 9.01. The van der Waals surface area contributed by atoms with Crippen LogP contribution in [-0.2, 0) is 28.7 Å². The van der Waals surface area contributed by atoms with Crippen molar-refractivity contribution in [3.05, 3.63) is 97.1 Å². The molecule has 8 heteroatoms. The average Bonchev–Trinajstić information content (AvgIpc) is 2.90. The van der Waals surface area contributed by atoms with Gasteiger partial charge in [0, 0.05) is 34.3 Å². The number of fused-ring (bicyclic) bond motifs is 2. The fourth-order valence-corrected chi connectivity index (χ4v) is 3.55. The molecule has 0 saturated carbocycles. The number of carbonyl (C=O) groups excluding carboxylic acids is 4. The molecule has 0 radical (unpaired) electrons. The van der Waals surface area contributed by atoms with Crippen LogP contribution in [0.2, 0.25) is 0 Å². The minimum absolute atomic E-state index is 0.527. The van der Waals surface area contributed by atoms with Crippen LogP contribution in [0.3, 0.4) is 0 Å². The van der Waals surface area contributed by atoms with Gasteiger partial charge in [-0.05, 0) is 22.9 Å². The van der Waals surface area contributed by atoms with Gasteiger partial charge < -0.3 is 20.1 Å². The van der Waals surface area contributed by atoms with Gasteiger partial charge in [-0.25, -0.2) is 9.59 Å². The van der Waals surface area contributed by atoms with Gasteiger partial charge in [0.05, 0.1) is 0 Å². The molecule has 4 rings (SSSR count). The zero-order valence-corrected chi connectivity index (χ0v) is 19.1. The molecule has 0 atom stereocenters. The second-order valence-corrected chi connectivity index (χ2v) is 7.70. The monoisotopic (exact) mass is 482 g/mol. The summed E-state index contributed by atoms with van der Waals surface area (Å²) in [4.78, 5) is 48.0. The second kappa shape index (κ2) is 11.4.